The first-order valence-electron chi connectivity index (χ1n) is 6.45. The van der Waals surface area contributed by atoms with Gasteiger partial charge in [-0.25, -0.2) is 9.97 Å². The quantitative estimate of drug-likeness (QED) is 0.911. The number of hydrogen-bond donors (Lipinski definition) is 1. The Morgan fingerprint density at radius 3 is 2.68 bits per heavy atom. The maximum absolute atomic E-state index is 5.16. The van der Waals surface area contributed by atoms with E-state index in [-0.39, 0.29) is 0 Å². The molecule has 0 amide bonds. The molecular weight excluding hydrogens is 238 g/mol. The van der Waals surface area contributed by atoms with Gasteiger partial charge in [0.25, 0.3) is 0 Å². The summed E-state index contributed by atoms with van der Waals surface area (Å²) in [5.41, 5.74) is 4.71. The SMILES string of the molecule is COc1ccc(Cc2nc(C)c3c(n2)CNC3)cc1. The average Bonchev–Trinajstić information content (AvgIpc) is 2.88. The molecule has 1 aliphatic heterocycles. The number of benzene rings is 1. The first-order valence-corrected chi connectivity index (χ1v) is 6.45. The molecule has 19 heavy (non-hydrogen) atoms. The zero-order valence-corrected chi connectivity index (χ0v) is 11.2. The van der Waals surface area contributed by atoms with E-state index >= 15 is 0 Å². The van der Waals surface area contributed by atoms with E-state index in [4.69, 9.17) is 4.74 Å². The minimum Gasteiger partial charge on any atom is -0.497 e. The minimum absolute atomic E-state index is 0.762. The summed E-state index contributed by atoms with van der Waals surface area (Å²) in [6.07, 6.45) is 0.762. The number of aromatic nitrogens is 2. The van der Waals surface area contributed by atoms with E-state index in [1.54, 1.807) is 7.11 Å². The van der Waals surface area contributed by atoms with E-state index in [1.807, 2.05) is 12.1 Å². The van der Waals surface area contributed by atoms with Crippen molar-refractivity contribution in [2.24, 2.45) is 0 Å². The Morgan fingerprint density at radius 1 is 1.16 bits per heavy atom. The molecule has 4 nitrogen and oxygen atoms in total. The van der Waals surface area contributed by atoms with E-state index in [1.165, 1.54) is 11.1 Å². The highest BCUT2D eigenvalue weighted by molar-refractivity contribution is 5.31. The summed E-state index contributed by atoms with van der Waals surface area (Å²) in [5, 5.41) is 3.32. The summed E-state index contributed by atoms with van der Waals surface area (Å²) < 4.78 is 5.16. The molecule has 98 valence electrons. The summed E-state index contributed by atoms with van der Waals surface area (Å²) in [6.45, 7) is 3.81. The molecule has 0 saturated carbocycles. The van der Waals surface area contributed by atoms with Gasteiger partial charge in [-0.05, 0) is 24.6 Å². The second-order valence-electron chi connectivity index (χ2n) is 4.78. The molecule has 0 saturated heterocycles. The van der Waals surface area contributed by atoms with Gasteiger partial charge < -0.3 is 10.1 Å². The maximum Gasteiger partial charge on any atom is 0.133 e. The number of methoxy groups -OCH3 is 1. The lowest BCUT2D eigenvalue weighted by atomic mass is 10.1. The highest BCUT2D eigenvalue weighted by Gasteiger charge is 2.16. The third kappa shape index (κ3) is 2.44. The number of aryl methyl sites for hydroxylation is 1. The lowest BCUT2D eigenvalue weighted by Gasteiger charge is -2.07. The van der Waals surface area contributed by atoms with Crippen LogP contribution in [0.2, 0.25) is 0 Å². The van der Waals surface area contributed by atoms with Crippen molar-refractivity contribution in [3.63, 3.8) is 0 Å². The fourth-order valence-electron chi connectivity index (χ4n) is 2.41. The molecule has 4 heteroatoms. The van der Waals surface area contributed by atoms with Gasteiger partial charge in [-0.1, -0.05) is 12.1 Å². The van der Waals surface area contributed by atoms with E-state index in [9.17, 15) is 0 Å². The molecule has 2 aromatic rings. The molecule has 0 fully saturated rings. The largest absolute Gasteiger partial charge is 0.497 e. The smallest absolute Gasteiger partial charge is 0.133 e. The van der Waals surface area contributed by atoms with Gasteiger partial charge in [0, 0.05) is 30.8 Å². The average molecular weight is 255 g/mol. The lowest BCUT2D eigenvalue weighted by Crippen LogP contribution is -2.04. The van der Waals surface area contributed by atoms with Crippen LogP contribution >= 0.6 is 0 Å². The Hall–Kier alpha value is -1.94. The summed E-state index contributed by atoms with van der Waals surface area (Å²) in [5.74, 6) is 1.77. The number of nitrogens with zero attached hydrogens (tertiary/aromatic N) is 2. The Balaban J connectivity index is 1.84. The predicted octanol–water partition coefficient (Wildman–Crippen LogP) is 1.99. The van der Waals surface area contributed by atoms with Crippen LogP contribution in [0.15, 0.2) is 24.3 Å². The molecule has 1 aromatic carbocycles. The highest BCUT2D eigenvalue weighted by atomic mass is 16.5. The van der Waals surface area contributed by atoms with E-state index in [0.717, 1.165) is 42.5 Å². The topological polar surface area (TPSA) is 47.0 Å². The summed E-state index contributed by atoms with van der Waals surface area (Å²) in [7, 11) is 1.68. The molecule has 0 atom stereocenters. The standard InChI is InChI=1S/C15H17N3O/c1-10-13-8-16-9-14(13)18-15(17-10)7-11-3-5-12(19-2)6-4-11/h3-6,16H,7-9H2,1-2H3. The second kappa shape index (κ2) is 4.97. The summed E-state index contributed by atoms with van der Waals surface area (Å²) in [4.78, 5) is 9.25. The molecule has 0 spiro atoms. The molecule has 0 aliphatic carbocycles. The second-order valence-corrected chi connectivity index (χ2v) is 4.78. The fraction of sp³-hybridized carbons (Fsp3) is 0.333. The molecular formula is C15H17N3O. The van der Waals surface area contributed by atoms with Crippen LogP contribution in [-0.2, 0) is 19.5 Å². The molecule has 3 rings (SSSR count). The van der Waals surface area contributed by atoms with Crippen molar-refractivity contribution in [2.45, 2.75) is 26.4 Å². The van der Waals surface area contributed by atoms with Crippen LogP contribution in [0.4, 0.5) is 0 Å². The first-order chi connectivity index (χ1) is 9.26. The molecule has 2 heterocycles. The molecule has 1 aromatic heterocycles. The summed E-state index contributed by atoms with van der Waals surface area (Å²) in [6, 6.07) is 8.06. The van der Waals surface area contributed by atoms with Crippen molar-refractivity contribution in [1.82, 2.24) is 15.3 Å². The van der Waals surface area contributed by atoms with Crippen LogP contribution in [0.3, 0.4) is 0 Å². The van der Waals surface area contributed by atoms with E-state index in [2.05, 4.69) is 34.3 Å². The predicted molar refractivity (Wildman–Crippen MR) is 73.1 cm³/mol. The van der Waals surface area contributed by atoms with Gasteiger partial charge >= 0.3 is 0 Å². The van der Waals surface area contributed by atoms with Crippen molar-refractivity contribution in [2.75, 3.05) is 7.11 Å². The highest BCUT2D eigenvalue weighted by Crippen LogP contribution is 2.18. The van der Waals surface area contributed by atoms with Crippen molar-refractivity contribution in [3.8, 4) is 5.75 Å². The first kappa shape index (κ1) is 12.1. The number of ether oxygens (including phenoxy) is 1. The fourth-order valence-corrected chi connectivity index (χ4v) is 2.41. The van der Waals surface area contributed by atoms with Gasteiger partial charge in [0.05, 0.1) is 12.8 Å². The molecule has 1 N–H and O–H groups in total. The lowest BCUT2D eigenvalue weighted by molar-refractivity contribution is 0.414. The van der Waals surface area contributed by atoms with Crippen molar-refractivity contribution < 1.29 is 4.74 Å². The van der Waals surface area contributed by atoms with Crippen LogP contribution < -0.4 is 10.1 Å². The normalized spacial score (nSPS) is 13.4. The Kier molecular flexibility index (Phi) is 3.17. The van der Waals surface area contributed by atoms with Crippen LogP contribution in [0, 0.1) is 6.92 Å². The van der Waals surface area contributed by atoms with Gasteiger partial charge in [0.2, 0.25) is 0 Å². The zero-order valence-electron chi connectivity index (χ0n) is 11.2. The third-order valence-electron chi connectivity index (χ3n) is 3.46. The van der Waals surface area contributed by atoms with Gasteiger partial charge in [0.15, 0.2) is 0 Å². The Bertz CT molecular complexity index is 593. The number of fused-ring (bicyclic) bond motifs is 1. The molecule has 1 aliphatic rings. The Labute approximate surface area is 112 Å². The monoisotopic (exact) mass is 255 g/mol. The van der Waals surface area contributed by atoms with Gasteiger partial charge in [0.1, 0.15) is 11.6 Å². The van der Waals surface area contributed by atoms with E-state index < -0.39 is 0 Å². The zero-order chi connectivity index (χ0) is 13.2. The van der Waals surface area contributed by atoms with E-state index in [0.29, 0.717) is 0 Å². The van der Waals surface area contributed by atoms with Crippen molar-refractivity contribution in [1.29, 1.82) is 0 Å². The third-order valence-corrected chi connectivity index (χ3v) is 3.46. The number of hydrogen-bond acceptors (Lipinski definition) is 4. The van der Waals surface area contributed by atoms with Crippen LogP contribution in [0.5, 0.6) is 5.75 Å². The van der Waals surface area contributed by atoms with Crippen LogP contribution in [0.25, 0.3) is 0 Å². The molecule has 0 radical (unpaired) electrons. The van der Waals surface area contributed by atoms with Gasteiger partial charge in [-0.15, -0.1) is 0 Å². The van der Waals surface area contributed by atoms with Crippen LogP contribution in [-0.4, -0.2) is 17.1 Å². The van der Waals surface area contributed by atoms with Crippen molar-refractivity contribution in [3.05, 3.63) is 52.6 Å². The summed E-state index contributed by atoms with van der Waals surface area (Å²) >= 11 is 0. The van der Waals surface area contributed by atoms with Gasteiger partial charge in [-0.3, -0.25) is 0 Å². The van der Waals surface area contributed by atoms with Gasteiger partial charge in [-0.2, -0.15) is 0 Å². The Morgan fingerprint density at radius 2 is 1.95 bits per heavy atom. The molecule has 0 unspecified atom stereocenters. The molecule has 0 bridgehead atoms. The number of rotatable bonds is 3. The van der Waals surface area contributed by atoms with Crippen molar-refractivity contribution >= 4 is 0 Å². The van der Waals surface area contributed by atoms with Crippen LogP contribution in [0.1, 0.15) is 28.3 Å². The maximum atomic E-state index is 5.16. The minimum atomic E-state index is 0.762. The number of nitrogens with one attached hydrogen (secondary N) is 1.